The molecule has 0 saturated carbocycles. The quantitative estimate of drug-likeness (QED) is 0.707. The van der Waals surface area contributed by atoms with Crippen LogP contribution in [0, 0.1) is 0 Å². The first-order valence-electron chi connectivity index (χ1n) is 10.8. The van der Waals surface area contributed by atoms with Gasteiger partial charge in [-0.05, 0) is 48.6 Å². The van der Waals surface area contributed by atoms with Crippen molar-refractivity contribution in [3.8, 4) is 0 Å². The summed E-state index contributed by atoms with van der Waals surface area (Å²) in [5.41, 5.74) is 9.93. The number of pyridine rings is 2. The lowest BCUT2D eigenvalue weighted by atomic mass is 9.73. The van der Waals surface area contributed by atoms with Crippen LogP contribution >= 0.6 is 0 Å². The number of aromatic nitrogens is 2. The van der Waals surface area contributed by atoms with E-state index in [1.807, 2.05) is 36.2 Å². The first-order chi connectivity index (χ1) is 15.1. The smallest absolute Gasteiger partial charge is 0.272 e. The number of benzene rings is 1. The van der Waals surface area contributed by atoms with E-state index in [0.29, 0.717) is 5.69 Å². The van der Waals surface area contributed by atoms with Crippen LogP contribution in [-0.2, 0) is 5.41 Å². The van der Waals surface area contributed by atoms with Crippen molar-refractivity contribution >= 4 is 17.4 Å². The van der Waals surface area contributed by atoms with Crippen LogP contribution < -0.4 is 10.6 Å². The number of hydrogen-bond donors (Lipinski definition) is 1. The van der Waals surface area contributed by atoms with E-state index in [9.17, 15) is 4.79 Å². The van der Waals surface area contributed by atoms with Crippen molar-refractivity contribution in [1.82, 2.24) is 14.9 Å². The van der Waals surface area contributed by atoms with Crippen LogP contribution in [0.4, 0.5) is 11.5 Å². The second-order valence-corrected chi connectivity index (χ2v) is 8.65. The summed E-state index contributed by atoms with van der Waals surface area (Å²) in [4.78, 5) is 26.1. The third-order valence-electron chi connectivity index (χ3n) is 6.96. The molecule has 1 amide bonds. The second kappa shape index (κ2) is 7.69. The number of nitrogens with zero attached hydrogens (tertiary/aromatic N) is 4. The number of rotatable bonds is 3. The van der Waals surface area contributed by atoms with Gasteiger partial charge >= 0.3 is 0 Å². The zero-order valence-corrected chi connectivity index (χ0v) is 17.7. The molecule has 31 heavy (non-hydrogen) atoms. The van der Waals surface area contributed by atoms with Crippen molar-refractivity contribution < 1.29 is 4.79 Å². The average molecular weight is 414 g/mol. The van der Waals surface area contributed by atoms with E-state index < -0.39 is 0 Å². The minimum Gasteiger partial charge on any atom is -0.399 e. The standard InChI is InChI=1S/C25H27N5O/c1-29(24(31)21-8-4-5-12-27-21)22-17-25(20-7-3-2-6-19(20)22)10-14-30(15-11-25)23-16-18(26)9-13-28-23/h2-9,12-13,16,22H,10-11,14-15,17H2,1H3,(H2,26,28). The van der Waals surface area contributed by atoms with Gasteiger partial charge in [-0.25, -0.2) is 4.98 Å². The van der Waals surface area contributed by atoms with E-state index >= 15 is 0 Å². The van der Waals surface area contributed by atoms with Crippen LogP contribution in [0.5, 0.6) is 0 Å². The highest BCUT2D eigenvalue weighted by atomic mass is 16.2. The topological polar surface area (TPSA) is 75.4 Å². The van der Waals surface area contributed by atoms with Crippen molar-refractivity contribution in [2.24, 2.45) is 0 Å². The minimum atomic E-state index is -0.0288. The van der Waals surface area contributed by atoms with E-state index in [-0.39, 0.29) is 17.4 Å². The molecule has 158 valence electrons. The van der Waals surface area contributed by atoms with Crippen LogP contribution in [0.1, 0.15) is 46.9 Å². The molecule has 6 nitrogen and oxygen atoms in total. The largest absolute Gasteiger partial charge is 0.399 e. The molecule has 3 heterocycles. The zero-order chi connectivity index (χ0) is 21.4. The summed E-state index contributed by atoms with van der Waals surface area (Å²) in [6, 6.07) is 17.9. The number of carbonyl (C=O) groups excluding carboxylic acids is 1. The predicted molar refractivity (Wildman–Crippen MR) is 122 cm³/mol. The molecule has 1 fully saturated rings. The maximum absolute atomic E-state index is 13.1. The van der Waals surface area contributed by atoms with Gasteiger partial charge in [0.1, 0.15) is 11.5 Å². The molecule has 5 rings (SSSR count). The fraction of sp³-hybridized carbons (Fsp3) is 0.320. The molecule has 2 N–H and O–H groups in total. The second-order valence-electron chi connectivity index (χ2n) is 8.65. The highest BCUT2D eigenvalue weighted by Crippen LogP contribution is 2.52. The molecule has 1 spiro atoms. The number of anilines is 2. The summed E-state index contributed by atoms with van der Waals surface area (Å²) in [6.45, 7) is 1.85. The van der Waals surface area contributed by atoms with Gasteiger partial charge in [0.15, 0.2) is 0 Å². The molecule has 1 aromatic carbocycles. The molecule has 6 heteroatoms. The first-order valence-corrected chi connectivity index (χ1v) is 10.8. The Labute approximate surface area is 182 Å². The molecule has 1 atom stereocenters. The maximum atomic E-state index is 13.1. The van der Waals surface area contributed by atoms with Gasteiger partial charge in [0.25, 0.3) is 5.91 Å². The van der Waals surface area contributed by atoms with E-state index in [2.05, 4.69) is 39.1 Å². The van der Waals surface area contributed by atoms with Crippen molar-refractivity contribution in [2.75, 3.05) is 30.8 Å². The number of nitrogens with two attached hydrogens (primary N) is 1. The number of fused-ring (bicyclic) bond motifs is 2. The SMILES string of the molecule is CN(C(=O)c1ccccn1)C1CC2(CCN(c3cc(N)ccn3)CC2)c2ccccc21. The van der Waals surface area contributed by atoms with E-state index in [0.717, 1.165) is 43.9 Å². The van der Waals surface area contributed by atoms with Gasteiger partial charge in [-0.1, -0.05) is 30.3 Å². The van der Waals surface area contributed by atoms with Gasteiger partial charge in [-0.3, -0.25) is 9.78 Å². The lowest BCUT2D eigenvalue weighted by Crippen LogP contribution is -2.42. The van der Waals surface area contributed by atoms with Gasteiger partial charge in [-0.2, -0.15) is 0 Å². The Balaban J connectivity index is 1.40. The Bertz CT molecular complexity index is 1090. The Morgan fingerprint density at radius 1 is 1.06 bits per heavy atom. The van der Waals surface area contributed by atoms with E-state index in [1.54, 1.807) is 18.5 Å². The van der Waals surface area contributed by atoms with Gasteiger partial charge in [0.2, 0.25) is 0 Å². The van der Waals surface area contributed by atoms with Crippen LogP contribution in [0.15, 0.2) is 67.0 Å². The van der Waals surface area contributed by atoms with Gasteiger partial charge in [0.05, 0.1) is 6.04 Å². The molecule has 3 aromatic rings. The van der Waals surface area contributed by atoms with Crippen molar-refractivity contribution in [2.45, 2.75) is 30.7 Å². The van der Waals surface area contributed by atoms with Gasteiger partial charge < -0.3 is 15.5 Å². The lowest BCUT2D eigenvalue weighted by molar-refractivity contribution is 0.0706. The third-order valence-corrected chi connectivity index (χ3v) is 6.96. The molecular weight excluding hydrogens is 386 g/mol. The van der Waals surface area contributed by atoms with Crippen molar-refractivity contribution in [1.29, 1.82) is 0 Å². The first kappa shape index (κ1) is 19.5. The minimum absolute atomic E-state index is 0.0288. The molecular formula is C25H27N5O. The van der Waals surface area contributed by atoms with Crippen LogP contribution in [-0.4, -0.2) is 40.9 Å². The van der Waals surface area contributed by atoms with Crippen LogP contribution in [0.2, 0.25) is 0 Å². The maximum Gasteiger partial charge on any atom is 0.272 e. The zero-order valence-electron chi connectivity index (χ0n) is 17.7. The summed E-state index contributed by atoms with van der Waals surface area (Å²) in [7, 11) is 1.91. The van der Waals surface area contributed by atoms with Gasteiger partial charge in [-0.15, -0.1) is 0 Å². The highest BCUT2D eigenvalue weighted by molar-refractivity contribution is 5.92. The normalized spacial score (nSPS) is 19.3. The Morgan fingerprint density at radius 2 is 1.84 bits per heavy atom. The molecule has 2 aliphatic rings. The summed E-state index contributed by atoms with van der Waals surface area (Å²) in [5.74, 6) is 0.916. The molecule has 0 bridgehead atoms. The number of carbonyl (C=O) groups is 1. The summed E-state index contributed by atoms with van der Waals surface area (Å²) in [5, 5.41) is 0. The number of piperidine rings is 1. The summed E-state index contributed by atoms with van der Waals surface area (Å²) >= 11 is 0. The fourth-order valence-electron chi connectivity index (χ4n) is 5.26. The van der Waals surface area contributed by atoms with Crippen LogP contribution in [0.3, 0.4) is 0 Å². The number of hydrogen-bond acceptors (Lipinski definition) is 5. The molecule has 1 aliphatic carbocycles. The predicted octanol–water partition coefficient (Wildman–Crippen LogP) is 3.81. The monoisotopic (exact) mass is 413 g/mol. The molecule has 1 aliphatic heterocycles. The average Bonchev–Trinajstić information content (AvgIpc) is 3.13. The van der Waals surface area contributed by atoms with E-state index in [4.69, 9.17) is 5.73 Å². The van der Waals surface area contributed by atoms with Crippen molar-refractivity contribution in [3.63, 3.8) is 0 Å². The summed E-state index contributed by atoms with van der Waals surface area (Å²) < 4.78 is 0. The van der Waals surface area contributed by atoms with Gasteiger partial charge in [0, 0.05) is 49.7 Å². The number of nitrogen functional groups attached to an aromatic ring is 1. The Hall–Kier alpha value is -3.41. The lowest BCUT2D eigenvalue weighted by Gasteiger charge is -2.41. The number of amides is 1. The highest BCUT2D eigenvalue weighted by Gasteiger charge is 2.47. The van der Waals surface area contributed by atoms with Crippen LogP contribution in [0.25, 0.3) is 0 Å². The molecule has 0 radical (unpaired) electrons. The Morgan fingerprint density at radius 3 is 2.58 bits per heavy atom. The summed E-state index contributed by atoms with van der Waals surface area (Å²) in [6.07, 6.45) is 6.45. The van der Waals surface area contributed by atoms with Crippen molar-refractivity contribution in [3.05, 3.63) is 83.8 Å². The molecule has 1 unspecified atom stereocenters. The van der Waals surface area contributed by atoms with E-state index in [1.165, 1.54) is 11.1 Å². The Kier molecular flexibility index (Phi) is 4.85. The fourth-order valence-corrected chi connectivity index (χ4v) is 5.26. The molecule has 1 saturated heterocycles. The molecule has 2 aromatic heterocycles. The third kappa shape index (κ3) is 3.42.